The molecule has 4 nitrogen and oxygen atoms in total. The molecule has 2 aromatic heterocycles. The third-order valence-electron chi connectivity index (χ3n) is 4.09. The number of nitrogens with zero attached hydrogens (tertiary/aromatic N) is 4. The largest absolute Gasteiger partial charge is 0.301 e. The number of benzene rings is 1. The second kappa shape index (κ2) is 4.25. The molecule has 21 heavy (non-hydrogen) atoms. The van der Waals surface area contributed by atoms with Gasteiger partial charge in [-0.05, 0) is 38.0 Å². The van der Waals surface area contributed by atoms with E-state index in [1.54, 1.807) is 12.4 Å². The van der Waals surface area contributed by atoms with Crippen LogP contribution in [0.5, 0.6) is 0 Å². The summed E-state index contributed by atoms with van der Waals surface area (Å²) in [5, 5.41) is 8.91. The van der Waals surface area contributed by atoms with Gasteiger partial charge in [-0.3, -0.25) is 4.98 Å². The first kappa shape index (κ1) is 12.3. The van der Waals surface area contributed by atoms with Crippen LogP contribution in [0.3, 0.4) is 0 Å². The predicted molar refractivity (Wildman–Crippen MR) is 81.7 cm³/mol. The zero-order chi connectivity index (χ0) is 14.4. The maximum atomic E-state index is 4.46. The molecular formula is C17H16N4. The lowest BCUT2D eigenvalue weighted by molar-refractivity contribution is 0.351. The van der Waals surface area contributed by atoms with E-state index >= 15 is 0 Å². The van der Waals surface area contributed by atoms with Gasteiger partial charge in [-0.2, -0.15) is 0 Å². The molecule has 0 spiro atoms. The van der Waals surface area contributed by atoms with E-state index in [0.717, 1.165) is 23.6 Å². The number of pyridine rings is 1. The average Bonchev–Trinajstić information content (AvgIpc) is 2.94. The topological polar surface area (TPSA) is 43.6 Å². The third-order valence-corrected chi connectivity index (χ3v) is 4.09. The van der Waals surface area contributed by atoms with Crippen LogP contribution in [0.25, 0.3) is 22.8 Å². The molecule has 0 saturated carbocycles. The van der Waals surface area contributed by atoms with E-state index in [0.29, 0.717) is 0 Å². The summed E-state index contributed by atoms with van der Waals surface area (Å²) in [5.41, 5.74) is 3.52. The van der Waals surface area contributed by atoms with Crippen molar-refractivity contribution in [3.63, 3.8) is 0 Å². The Kier molecular flexibility index (Phi) is 2.48. The fourth-order valence-corrected chi connectivity index (χ4v) is 3.16. The molecule has 0 amide bonds. The van der Waals surface area contributed by atoms with Crippen LogP contribution in [0.4, 0.5) is 0 Å². The van der Waals surface area contributed by atoms with Gasteiger partial charge in [-0.25, -0.2) is 0 Å². The molecule has 0 atom stereocenters. The summed E-state index contributed by atoms with van der Waals surface area (Å²) in [7, 11) is 0. The van der Waals surface area contributed by atoms with Gasteiger partial charge in [0.2, 0.25) is 0 Å². The lowest BCUT2D eigenvalue weighted by Crippen LogP contribution is -2.33. The van der Waals surface area contributed by atoms with Crippen LogP contribution in [0.15, 0.2) is 48.8 Å². The first-order valence-electron chi connectivity index (χ1n) is 7.11. The zero-order valence-corrected chi connectivity index (χ0v) is 12.1. The van der Waals surface area contributed by atoms with Crippen molar-refractivity contribution in [3.05, 3.63) is 54.4 Å². The fourth-order valence-electron chi connectivity index (χ4n) is 3.16. The minimum Gasteiger partial charge on any atom is -0.301 e. The molecule has 4 rings (SSSR count). The lowest BCUT2D eigenvalue weighted by atomic mass is 9.87. The molecule has 1 aromatic carbocycles. The molecule has 3 aromatic rings. The monoisotopic (exact) mass is 276 g/mol. The molecule has 0 radical (unpaired) electrons. The van der Waals surface area contributed by atoms with Crippen molar-refractivity contribution in [2.45, 2.75) is 25.8 Å². The molecule has 3 heterocycles. The van der Waals surface area contributed by atoms with Crippen LogP contribution in [0, 0.1) is 0 Å². The lowest BCUT2D eigenvalue weighted by Gasteiger charge is -2.34. The zero-order valence-electron chi connectivity index (χ0n) is 12.1. The Morgan fingerprint density at radius 2 is 1.67 bits per heavy atom. The summed E-state index contributed by atoms with van der Waals surface area (Å²) in [6, 6.07) is 12.4. The van der Waals surface area contributed by atoms with Crippen molar-refractivity contribution in [3.8, 4) is 22.8 Å². The van der Waals surface area contributed by atoms with Crippen molar-refractivity contribution < 1.29 is 0 Å². The summed E-state index contributed by atoms with van der Waals surface area (Å²) < 4.78 is 2.25. The van der Waals surface area contributed by atoms with Gasteiger partial charge >= 0.3 is 0 Å². The van der Waals surface area contributed by atoms with E-state index in [1.165, 1.54) is 11.1 Å². The molecule has 0 bridgehead atoms. The maximum absolute atomic E-state index is 4.46. The second-order valence-corrected chi connectivity index (χ2v) is 6.06. The second-order valence-electron chi connectivity index (χ2n) is 6.06. The standard InChI is InChI=1S/C17H16N4/c1-17(2)11-13-5-3-4-6-14(13)16-20-19-15(21(16)17)12-7-9-18-10-8-12/h3-10H,11H2,1-2H3. The first-order valence-corrected chi connectivity index (χ1v) is 7.11. The molecule has 0 N–H and O–H groups in total. The van der Waals surface area contributed by atoms with Gasteiger partial charge in [0.15, 0.2) is 11.6 Å². The predicted octanol–water partition coefficient (Wildman–Crippen LogP) is 3.30. The first-order chi connectivity index (χ1) is 10.2. The number of aromatic nitrogens is 4. The van der Waals surface area contributed by atoms with Gasteiger partial charge in [0.05, 0.1) is 0 Å². The summed E-state index contributed by atoms with van der Waals surface area (Å²) in [6.07, 6.45) is 4.56. The number of fused-ring (bicyclic) bond motifs is 3. The van der Waals surface area contributed by atoms with E-state index in [-0.39, 0.29) is 5.54 Å². The molecule has 0 unspecified atom stereocenters. The van der Waals surface area contributed by atoms with E-state index in [9.17, 15) is 0 Å². The molecular weight excluding hydrogens is 260 g/mol. The molecule has 0 aliphatic carbocycles. The highest BCUT2D eigenvalue weighted by molar-refractivity contribution is 5.67. The van der Waals surface area contributed by atoms with E-state index in [2.05, 4.69) is 57.9 Å². The molecule has 0 fully saturated rings. The Balaban J connectivity index is 2.00. The fraction of sp³-hybridized carbons (Fsp3) is 0.235. The molecule has 1 aliphatic heterocycles. The SMILES string of the molecule is CC1(C)Cc2ccccc2-c2nnc(-c3ccncc3)n21. The highest BCUT2D eigenvalue weighted by Gasteiger charge is 2.34. The van der Waals surface area contributed by atoms with E-state index in [1.807, 2.05) is 12.1 Å². The molecule has 104 valence electrons. The van der Waals surface area contributed by atoms with Crippen molar-refractivity contribution >= 4 is 0 Å². The van der Waals surface area contributed by atoms with Crippen molar-refractivity contribution in [2.75, 3.05) is 0 Å². The minimum absolute atomic E-state index is 0.0498. The van der Waals surface area contributed by atoms with Gasteiger partial charge in [0, 0.05) is 29.1 Å². The summed E-state index contributed by atoms with van der Waals surface area (Å²) >= 11 is 0. The van der Waals surface area contributed by atoms with Crippen LogP contribution in [0.2, 0.25) is 0 Å². The summed E-state index contributed by atoms with van der Waals surface area (Å²) in [4.78, 5) is 4.08. The number of rotatable bonds is 1. The average molecular weight is 276 g/mol. The molecule has 1 aliphatic rings. The van der Waals surface area contributed by atoms with Gasteiger partial charge in [0.1, 0.15) is 0 Å². The Morgan fingerprint density at radius 3 is 2.48 bits per heavy atom. The van der Waals surface area contributed by atoms with Crippen LogP contribution < -0.4 is 0 Å². The maximum Gasteiger partial charge on any atom is 0.165 e. The van der Waals surface area contributed by atoms with Gasteiger partial charge in [0.25, 0.3) is 0 Å². The highest BCUT2D eigenvalue weighted by Crippen LogP contribution is 2.39. The summed E-state index contributed by atoms with van der Waals surface area (Å²) in [5.74, 6) is 1.86. The molecule has 4 heteroatoms. The Hall–Kier alpha value is -2.49. The Labute approximate surface area is 123 Å². The third kappa shape index (κ3) is 1.79. The smallest absolute Gasteiger partial charge is 0.165 e. The van der Waals surface area contributed by atoms with Gasteiger partial charge in [-0.1, -0.05) is 24.3 Å². The Morgan fingerprint density at radius 1 is 0.952 bits per heavy atom. The van der Waals surface area contributed by atoms with Crippen LogP contribution in [-0.2, 0) is 12.0 Å². The van der Waals surface area contributed by atoms with Crippen molar-refractivity contribution in [1.82, 2.24) is 19.7 Å². The minimum atomic E-state index is -0.0498. The van der Waals surface area contributed by atoms with E-state index in [4.69, 9.17) is 0 Å². The van der Waals surface area contributed by atoms with Crippen LogP contribution in [-0.4, -0.2) is 19.7 Å². The van der Waals surface area contributed by atoms with E-state index < -0.39 is 0 Å². The van der Waals surface area contributed by atoms with Crippen molar-refractivity contribution in [1.29, 1.82) is 0 Å². The number of hydrogen-bond acceptors (Lipinski definition) is 3. The normalized spacial score (nSPS) is 15.3. The van der Waals surface area contributed by atoms with Crippen LogP contribution >= 0.6 is 0 Å². The Bertz CT molecular complexity index is 789. The number of hydrogen-bond donors (Lipinski definition) is 0. The summed E-state index contributed by atoms with van der Waals surface area (Å²) in [6.45, 7) is 4.47. The molecule has 0 saturated heterocycles. The highest BCUT2D eigenvalue weighted by atomic mass is 15.3. The van der Waals surface area contributed by atoms with Crippen LogP contribution in [0.1, 0.15) is 19.4 Å². The quantitative estimate of drug-likeness (QED) is 0.685. The van der Waals surface area contributed by atoms with Crippen molar-refractivity contribution in [2.24, 2.45) is 0 Å². The van der Waals surface area contributed by atoms with Gasteiger partial charge < -0.3 is 4.57 Å². The van der Waals surface area contributed by atoms with Gasteiger partial charge in [-0.15, -0.1) is 10.2 Å².